The van der Waals surface area contributed by atoms with Crippen molar-refractivity contribution in [3.05, 3.63) is 15.6 Å². The molecule has 0 radical (unpaired) electrons. The third-order valence-corrected chi connectivity index (χ3v) is 5.08. The van der Waals surface area contributed by atoms with Crippen LogP contribution in [0.3, 0.4) is 0 Å². The monoisotopic (exact) mass is 238 g/mol. The Bertz CT molecular complexity index is 366. The number of aromatic nitrogens is 1. The molecule has 1 heterocycles. The second-order valence-corrected chi connectivity index (χ2v) is 6.31. The molecule has 0 aromatic carbocycles. The Labute approximate surface area is 102 Å². The summed E-state index contributed by atoms with van der Waals surface area (Å²) in [4.78, 5) is 6.02. The Morgan fingerprint density at radius 3 is 2.62 bits per heavy atom. The summed E-state index contributed by atoms with van der Waals surface area (Å²) in [7, 11) is 0. The predicted octanol–water partition coefficient (Wildman–Crippen LogP) is 3.61. The maximum absolute atomic E-state index is 4.60. The fraction of sp³-hybridized carbons (Fsp3) is 0.769. The molecular weight excluding hydrogens is 216 g/mol. The number of thiazole rings is 1. The highest BCUT2D eigenvalue weighted by Crippen LogP contribution is 2.35. The summed E-state index contributed by atoms with van der Waals surface area (Å²) in [5.74, 6) is 0. The first-order chi connectivity index (χ1) is 7.54. The van der Waals surface area contributed by atoms with Crippen molar-refractivity contribution in [3.8, 4) is 0 Å². The number of nitrogens with one attached hydrogen (secondary N) is 1. The minimum Gasteiger partial charge on any atom is -0.304 e. The van der Waals surface area contributed by atoms with Crippen molar-refractivity contribution in [1.82, 2.24) is 10.3 Å². The number of hydrogen-bond donors (Lipinski definition) is 1. The summed E-state index contributed by atoms with van der Waals surface area (Å²) in [5, 5.41) is 5.02. The van der Waals surface area contributed by atoms with E-state index in [0.717, 1.165) is 6.42 Å². The zero-order valence-corrected chi connectivity index (χ0v) is 11.6. The lowest BCUT2D eigenvalue weighted by Gasteiger charge is -2.41. The standard InChI is InChI=1S/C13H22N2S/c1-5-11-14-9(2)12(16-11)10(3)15-13(4)7-6-8-13/h10,15H,5-8H2,1-4H3. The van der Waals surface area contributed by atoms with Crippen LogP contribution < -0.4 is 5.32 Å². The molecule has 1 aromatic rings. The third-order valence-electron chi connectivity index (χ3n) is 3.59. The van der Waals surface area contributed by atoms with E-state index in [4.69, 9.17) is 0 Å². The Hall–Kier alpha value is -0.410. The Balaban J connectivity index is 2.07. The van der Waals surface area contributed by atoms with Gasteiger partial charge in [-0.3, -0.25) is 0 Å². The number of aryl methyl sites for hydroxylation is 2. The van der Waals surface area contributed by atoms with Crippen LogP contribution in [0.1, 0.15) is 61.7 Å². The highest BCUT2D eigenvalue weighted by Gasteiger charge is 2.33. The summed E-state index contributed by atoms with van der Waals surface area (Å²) < 4.78 is 0. The van der Waals surface area contributed by atoms with Gasteiger partial charge in [0.05, 0.1) is 10.7 Å². The average molecular weight is 238 g/mol. The number of nitrogens with zero attached hydrogens (tertiary/aromatic N) is 1. The van der Waals surface area contributed by atoms with Crippen molar-refractivity contribution in [2.75, 3.05) is 0 Å². The minimum absolute atomic E-state index is 0.377. The molecule has 16 heavy (non-hydrogen) atoms. The molecule has 0 saturated heterocycles. The molecule has 0 amide bonds. The number of hydrogen-bond acceptors (Lipinski definition) is 3. The van der Waals surface area contributed by atoms with Gasteiger partial charge in [0.1, 0.15) is 0 Å². The molecule has 0 bridgehead atoms. The van der Waals surface area contributed by atoms with Crippen LogP contribution in [0.4, 0.5) is 0 Å². The predicted molar refractivity (Wildman–Crippen MR) is 70.0 cm³/mol. The van der Waals surface area contributed by atoms with E-state index in [9.17, 15) is 0 Å². The normalized spacial score (nSPS) is 20.5. The van der Waals surface area contributed by atoms with Gasteiger partial charge in [-0.05, 0) is 46.5 Å². The molecule has 1 unspecified atom stereocenters. The van der Waals surface area contributed by atoms with E-state index in [2.05, 4.69) is 38.0 Å². The SMILES string of the molecule is CCc1nc(C)c(C(C)NC2(C)CCC2)s1. The molecule has 0 spiro atoms. The molecule has 1 aliphatic carbocycles. The molecule has 1 aliphatic rings. The van der Waals surface area contributed by atoms with E-state index in [1.807, 2.05) is 11.3 Å². The average Bonchev–Trinajstić information content (AvgIpc) is 2.57. The van der Waals surface area contributed by atoms with Crippen LogP contribution in [-0.2, 0) is 6.42 Å². The second kappa shape index (κ2) is 4.46. The van der Waals surface area contributed by atoms with Crippen LogP contribution >= 0.6 is 11.3 Å². The van der Waals surface area contributed by atoms with Gasteiger partial charge >= 0.3 is 0 Å². The van der Waals surface area contributed by atoms with E-state index < -0.39 is 0 Å². The molecule has 1 aromatic heterocycles. The first-order valence-corrected chi connectivity index (χ1v) is 7.09. The van der Waals surface area contributed by atoms with Crippen molar-refractivity contribution >= 4 is 11.3 Å². The summed E-state index contributed by atoms with van der Waals surface area (Å²) in [6.07, 6.45) is 5.05. The zero-order chi connectivity index (χ0) is 11.8. The van der Waals surface area contributed by atoms with Crippen molar-refractivity contribution in [1.29, 1.82) is 0 Å². The summed E-state index contributed by atoms with van der Waals surface area (Å²) in [6, 6.07) is 0.447. The van der Waals surface area contributed by atoms with Gasteiger partial charge in [-0.2, -0.15) is 0 Å². The van der Waals surface area contributed by atoms with Crippen LogP contribution in [0.25, 0.3) is 0 Å². The lowest BCUT2D eigenvalue weighted by atomic mass is 9.78. The highest BCUT2D eigenvalue weighted by molar-refractivity contribution is 7.11. The topological polar surface area (TPSA) is 24.9 Å². The van der Waals surface area contributed by atoms with Crippen molar-refractivity contribution in [2.45, 2.75) is 65.0 Å². The van der Waals surface area contributed by atoms with E-state index in [1.54, 1.807) is 0 Å². The van der Waals surface area contributed by atoms with Gasteiger partial charge in [0.15, 0.2) is 0 Å². The molecule has 90 valence electrons. The maximum atomic E-state index is 4.60. The van der Waals surface area contributed by atoms with Crippen LogP contribution in [0.2, 0.25) is 0 Å². The largest absolute Gasteiger partial charge is 0.304 e. The van der Waals surface area contributed by atoms with E-state index >= 15 is 0 Å². The Morgan fingerprint density at radius 2 is 2.19 bits per heavy atom. The third kappa shape index (κ3) is 2.30. The summed E-state index contributed by atoms with van der Waals surface area (Å²) in [6.45, 7) is 8.91. The zero-order valence-electron chi connectivity index (χ0n) is 10.8. The smallest absolute Gasteiger partial charge is 0.0928 e. The molecule has 2 nitrogen and oxygen atoms in total. The van der Waals surface area contributed by atoms with Gasteiger partial charge in [-0.15, -0.1) is 11.3 Å². The van der Waals surface area contributed by atoms with Crippen molar-refractivity contribution in [3.63, 3.8) is 0 Å². The van der Waals surface area contributed by atoms with Crippen LogP contribution in [0.15, 0.2) is 0 Å². The van der Waals surface area contributed by atoms with Crippen molar-refractivity contribution in [2.24, 2.45) is 0 Å². The van der Waals surface area contributed by atoms with Crippen LogP contribution in [0, 0.1) is 6.92 Å². The first-order valence-electron chi connectivity index (χ1n) is 6.28. The number of rotatable bonds is 4. The van der Waals surface area contributed by atoms with E-state index in [0.29, 0.717) is 11.6 Å². The molecule has 3 heteroatoms. The maximum Gasteiger partial charge on any atom is 0.0928 e. The molecule has 1 saturated carbocycles. The highest BCUT2D eigenvalue weighted by atomic mass is 32.1. The van der Waals surface area contributed by atoms with Gasteiger partial charge in [0.2, 0.25) is 0 Å². The lowest BCUT2D eigenvalue weighted by Crippen LogP contribution is -2.49. The molecule has 2 rings (SSSR count). The molecule has 1 N–H and O–H groups in total. The fourth-order valence-electron chi connectivity index (χ4n) is 2.46. The lowest BCUT2D eigenvalue weighted by molar-refractivity contribution is 0.190. The van der Waals surface area contributed by atoms with E-state index in [-0.39, 0.29) is 0 Å². The van der Waals surface area contributed by atoms with Crippen LogP contribution in [-0.4, -0.2) is 10.5 Å². The summed E-state index contributed by atoms with van der Waals surface area (Å²) >= 11 is 1.87. The second-order valence-electron chi connectivity index (χ2n) is 5.19. The Kier molecular flexibility index (Phi) is 3.36. The molecular formula is C13H22N2S. The first kappa shape index (κ1) is 12.1. The summed E-state index contributed by atoms with van der Waals surface area (Å²) in [5.41, 5.74) is 1.59. The minimum atomic E-state index is 0.377. The van der Waals surface area contributed by atoms with Gasteiger partial charge in [0.25, 0.3) is 0 Å². The molecule has 1 fully saturated rings. The van der Waals surface area contributed by atoms with Gasteiger partial charge in [0, 0.05) is 16.5 Å². The molecule has 1 atom stereocenters. The quantitative estimate of drug-likeness (QED) is 0.867. The van der Waals surface area contributed by atoms with E-state index in [1.165, 1.54) is 34.8 Å². The van der Waals surface area contributed by atoms with Gasteiger partial charge in [-0.1, -0.05) is 6.92 Å². The Morgan fingerprint density at radius 1 is 1.50 bits per heavy atom. The fourth-order valence-corrected chi connectivity index (χ4v) is 3.47. The van der Waals surface area contributed by atoms with Gasteiger partial charge in [-0.25, -0.2) is 4.98 Å². The van der Waals surface area contributed by atoms with Crippen molar-refractivity contribution < 1.29 is 0 Å². The van der Waals surface area contributed by atoms with Gasteiger partial charge < -0.3 is 5.32 Å². The van der Waals surface area contributed by atoms with Crippen LogP contribution in [0.5, 0.6) is 0 Å². The molecule has 0 aliphatic heterocycles.